The van der Waals surface area contributed by atoms with E-state index in [1.54, 1.807) is 0 Å². The fraction of sp³-hybridized carbons (Fsp3) is 0.885. The minimum atomic E-state index is -1.62. The van der Waals surface area contributed by atoms with Gasteiger partial charge in [-0.3, -0.25) is 9.59 Å². The number of likely N-dealkylation sites (N-methyl/N-ethyl adjacent to an activating group) is 1. The van der Waals surface area contributed by atoms with Gasteiger partial charge in [0, 0.05) is 12.8 Å². The maximum atomic E-state index is 12.8. The number of carboxylic acids is 1. The molecule has 0 heterocycles. The predicted molar refractivity (Wildman–Crippen MR) is 293 cm³/mol. The SMILES string of the molecule is CCCCC/C=C\CCCCCCCC(=O)OCC(COC(OCC[N+](C)(C)C)C(=O)[O-])OC(=O)CCCCCCCCCCCCCCCCCCCCCCC/C=C\CCCCCCCCCC. The van der Waals surface area contributed by atoms with Crippen molar-refractivity contribution in [3.05, 3.63) is 24.3 Å². The average Bonchev–Trinajstić information content (AvgIpc) is 3.33. The van der Waals surface area contributed by atoms with E-state index in [2.05, 4.69) is 38.2 Å². The van der Waals surface area contributed by atoms with Crippen LogP contribution in [-0.4, -0.2) is 82.3 Å². The Hall–Kier alpha value is -2.23. The van der Waals surface area contributed by atoms with Crippen molar-refractivity contribution in [2.24, 2.45) is 0 Å². The van der Waals surface area contributed by atoms with Crippen molar-refractivity contribution in [1.29, 1.82) is 0 Å². The fourth-order valence-electron chi connectivity index (χ4n) is 8.76. The first-order chi connectivity index (χ1) is 34.1. The van der Waals surface area contributed by atoms with Gasteiger partial charge < -0.3 is 33.3 Å². The van der Waals surface area contributed by atoms with Crippen LogP contribution < -0.4 is 5.11 Å². The van der Waals surface area contributed by atoms with Crippen molar-refractivity contribution in [3.63, 3.8) is 0 Å². The van der Waals surface area contributed by atoms with Gasteiger partial charge in [0.2, 0.25) is 0 Å². The van der Waals surface area contributed by atoms with E-state index in [9.17, 15) is 19.5 Å². The quantitative estimate of drug-likeness (QED) is 0.0195. The van der Waals surface area contributed by atoms with Crippen molar-refractivity contribution in [1.82, 2.24) is 0 Å². The first-order valence-electron chi connectivity index (χ1n) is 30.0. The molecule has 0 aromatic rings. The summed E-state index contributed by atoms with van der Waals surface area (Å²) in [6.07, 6.45) is 59.7. The van der Waals surface area contributed by atoms with Crippen molar-refractivity contribution in [2.75, 3.05) is 47.5 Å². The third-order valence-corrected chi connectivity index (χ3v) is 13.4. The van der Waals surface area contributed by atoms with Crippen molar-refractivity contribution < 1.29 is 42.9 Å². The average molecular weight is 991 g/mol. The zero-order chi connectivity index (χ0) is 51.3. The summed E-state index contributed by atoms with van der Waals surface area (Å²) in [6.45, 7) is 4.74. The lowest BCUT2D eigenvalue weighted by Crippen LogP contribution is -2.44. The summed E-state index contributed by atoms with van der Waals surface area (Å²) in [5.41, 5.74) is 0. The van der Waals surface area contributed by atoms with E-state index in [0.717, 1.165) is 57.8 Å². The molecule has 0 radical (unpaired) electrons. The largest absolute Gasteiger partial charge is 0.545 e. The van der Waals surface area contributed by atoms with Crippen LogP contribution >= 0.6 is 0 Å². The van der Waals surface area contributed by atoms with Crippen LogP contribution in [0.4, 0.5) is 0 Å². The lowest BCUT2D eigenvalue weighted by molar-refractivity contribution is -0.870. The second-order valence-electron chi connectivity index (χ2n) is 21.6. The minimum Gasteiger partial charge on any atom is -0.545 e. The molecule has 9 nitrogen and oxygen atoms in total. The number of aliphatic carboxylic acids is 1. The van der Waals surface area contributed by atoms with E-state index < -0.39 is 24.3 Å². The molecule has 412 valence electrons. The molecule has 0 aliphatic heterocycles. The number of allylic oxidation sites excluding steroid dienone is 4. The van der Waals surface area contributed by atoms with Crippen LogP contribution in [0, 0.1) is 0 Å². The molecule has 0 N–H and O–H groups in total. The molecule has 0 aliphatic carbocycles. The van der Waals surface area contributed by atoms with E-state index in [1.165, 1.54) is 205 Å². The van der Waals surface area contributed by atoms with Crippen LogP contribution in [0.25, 0.3) is 0 Å². The molecule has 2 atom stereocenters. The Bertz CT molecular complexity index is 1200. The molecule has 0 fully saturated rings. The highest BCUT2D eigenvalue weighted by Crippen LogP contribution is 2.17. The highest BCUT2D eigenvalue weighted by Gasteiger charge is 2.22. The van der Waals surface area contributed by atoms with E-state index >= 15 is 0 Å². The number of carbonyl (C=O) groups is 3. The molecule has 0 saturated heterocycles. The lowest BCUT2D eigenvalue weighted by atomic mass is 10.0. The number of unbranched alkanes of at least 4 members (excludes halogenated alkanes) is 37. The summed E-state index contributed by atoms with van der Waals surface area (Å²) in [5.74, 6) is -2.28. The molecular weight excluding hydrogens is 875 g/mol. The standard InChI is InChI=1S/C61H115NO8/c1-6-8-10-12-14-16-18-20-21-22-23-24-25-26-27-28-29-30-31-32-33-34-35-36-37-38-39-40-42-44-46-48-50-52-59(64)70-57(56-69-61(60(65)66)67-54-53-62(3,4)5)55-68-58(63)51-49-47-45-43-41-19-17-15-13-11-9-7-2/h15,17,22-23,57,61H,6-14,16,18-21,24-56H2,1-5H3/b17-15-,23-22-. The van der Waals surface area contributed by atoms with Gasteiger partial charge in [0.25, 0.3) is 0 Å². The lowest BCUT2D eigenvalue weighted by Gasteiger charge is -2.26. The Morgan fingerprint density at radius 2 is 0.729 bits per heavy atom. The number of hydrogen-bond acceptors (Lipinski definition) is 8. The number of carboxylic acid groups (broad SMARTS) is 1. The Kier molecular flexibility index (Phi) is 51.4. The monoisotopic (exact) mass is 990 g/mol. The highest BCUT2D eigenvalue weighted by atomic mass is 16.7. The Labute approximate surface area is 433 Å². The second-order valence-corrected chi connectivity index (χ2v) is 21.6. The van der Waals surface area contributed by atoms with E-state index in [1.807, 2.05) is 21.1 Å². The summed E-state index contributed by atoms with van der Waals surface area (Å²) in [6, 6.07) is 0. The zero-order valence-corrected chi connectivity index (χ0v) is 46.9. The number of nitrogens with zero attached hydrogens (tertiary/aromatic N) is 1. The maximum Gasteiger partial charge on any atom is 0.306 e. The van der Waals surface area contributed by atoms with Gasteiger partial charge in [0.1, 0.15) is 13.2 Å². The number of ether oxygens (including phenoxy) is 4. The van der Waals surface area contributed by atoms with Crippen LogP contribution in [0.15, 0.2) is 24.3 Å². The molecular formula is C61H115NO8. The first-order valence-corrected chi connectivity index (χ1v) is 30.0. The summed E-state index contributed by atoms with van der Waals surface area (Å²) in [4.78, 5) is 37.2. The zero-order valence-electron chi connectivity index (χ0n) is 46.9. The molecule has 0 aromatic carbocycles. The van der Waals surface area contributed by atoms with Crippen molar-refractivity contribution >= 4 is 17.9 Å². The molecule has 0 saturated carbocycles. The van der Waals surface area contributed by atoms with E-state index in [0.29, 0.717) is 11.0 Å². The first kappa shape index (κ1) is 67.8. The molecule has 9 heteroatoms. The Morgan fingerprint density at radius 3 is 1.09 bits per heavy atom. The van der Waals surface area contributed by atoms with Gasteiger partial charge in [-0.2, -0.15) is 0 Å². The van der Waals surface area contributed by atoms with Crippen LogP contribution in [0.5, 0.6) is 0 Å². The van der Waals surface area contributed by atoms with Gasteiger partial charge >= 0.3 is 11.9 Å². The number of quaternary nitrogens is 1. The van der Waals surface area contributed by atoms with E-state index in [-0.39, 0.29) is 38.6 Å². The third-order valence-electron chi connectivity index (χ3n) is 13.4. The molecule has 70 heavy (non-hydrogen) atoms. The van der Waals surface area contributed by atoms with Gasteiger partial charge in [-0.15, -0.1) is 0 Å². The summed E-state index contributed by atoms with van der Waals surface area (Å²) >= 11 is 0. The van der Waals surface area contributed by atoms with Gasteiger partial charge in [0.15, 0.2) is 12.4 Å². The molecule has 0 bridgehead atoms. The smallest absolute Gasteiger partial charge is 0.306 e. The van der Waals surface area contributed by atoms with Crippen LogP contribution in [0.1, 0.15) is 290 Å². The summed E-state index contributed by atoms with van der Waals surface area (Å²) < 4.78 is 22.7. The van der Waals surface area contributed by atoms with Gasteiger partial charge in [-0.05, 0) is 64.2 Å². The number of carbonyl (C=O) groups excluding carboxylic acids is 3. The van der Waals surface area contributed by atoms with Crippen LogP contribution in [0.2, 0.25) is 0 Å². The van der Waals surface area contributed by atoms with Gasteiger partial charge in [-0.1, -0.05) is 237 Å². The van der Waals surface area contributed by atoms with Crippen LogP contribution in [-0.2, 0) is 33.3 Å². The highest BCUT2D eigenvalue weighted by molar-refractivity contribution is 5.70. The van der Waals surface area contributed by atoms with Crippen molar-refractivity contribution in [2.45, 2.75) is 302 Å². The van der Waals surface area contributed by atoms with Gasteiger partial charge in [0.05, 0.1) is 40.3 Å². The molecule has 0 aromatic heterocycles. The molecule has 2 unspecified atom stereocenters. The Morgan fingerprint density at radius 1 is 0.414 bits per heavy atom. The fourth-order valence-corrected chi connectivity index (χ4v) is 8.76. The minimum absolute atomic E-state index is 0.149. The maximum absolute atomic E-state index is 12.8. The number of rotatable bonds is 56. The Balaban J connectivity index is 4.01. The third kappa shape index (κ3) is 53.6. The molecule has 0 amide bonds. The normalized spacial score (nSPS) is 12.9. The topological polar surface area (TPSA) is 111 Å². The van der Waals surface area contributed by atoms with Crippen molar-refractivity contribution in [3.8, 4) is 0 Å². The number of esters is 2. The molecule has 0 aliphatic rings. The predicted octanol–water partition coefficient (Wildman–Crippen LogP) is 16.2. The van der Waals surface area contributed by atoms with Crippen LogP contribution in [0.3, 0.4) is 0 Å². The van der Waals surface area contributed by atoms with Gasteiger partial charge in [-0.25, -0.2) is 0 Å². The molecule has 0 rings (SSSR count). The number of hydrogen-bond donors (Lipinski definition) is 0. The second kappa shape index (κ2) is 53.1. The summed E-state index contributed by atoms with van der Waals surface area (Å²) in [7, 11) is 5.92. The van der Waals surface area contributed by atoms with E-state index in [4.69, 9.17) is 18.9 Å². The summed E-state index contributed by atoms with van der Waals surface area (Å²) in [5, 5.41) is 11.7. The molecule has 0 spiro atoms.